The zero-order valence-electron chi connectivity index (χ0n) is 16.8. The third-order valence-electron chi connectivity index (χ3n) is 5.24. The van der Waals surface area contributed by atoms with Crippen LogP contribution in [0.1, 0.15) is 19.8 Å². The summed E-state index contributed by atoms with van der Waals surface area (Å²) in [6, 6.07) is 2.79. The van der Waals surface area contributed by atoms with Gasteiger partial charge in [-0.05, 0) is 38.0 Å². The van der Waals surface area contributed by atoms with E-state index in [9.17, 15) is 14.3 Å². The van der Waals surface area contributed by atoms with E-state index in [2.05, 4.69) is 35.7 Å². The molecular formula is C20H23ClFN7O2. The molecule has 3 atom stereocenters. The molecule has 0 saturated carbocycles. The third-order valence-corrected chi connectivity index (χ3v) is 5.46. The van der Waals surface area contributed by atoms with Crippen molar-refractivity contribution in [3.8, 4) is 0 Å². The first-order valence-corrected chi connectivity index (χ1v) is 10.4. The largest absolute Gasteiger partial charge is 0.391 e. The number of hydrogen-bond donors (Lipinski definition) is 4. The van der Waals surface area contributed by atoms with E-state index >= 15 is 0 Å². The fourth-order valence-corrected chi connectivity index (χ4v) is 4.03. The predicted octanol–water partition coefficient (Wildman–Crippen LogP) is 2.09. The van der Waals surface area contributed by atoms with Crippen molar-refractivity contribution in [2.24, 2.45) is 0 Å². The molecule has 0 unspecified atom stereocenters. The number of anilines is 2. The number of piperidine rings is 1. The van der Waals surface area contributed by atoms with Crippen molar-refractivity contribution in [2.45, 2.75) is 38.0 Å². The Hall–Kier alpha value is -2.98. The van der Waals surface area contributed by atoms with E-state index in [-0.39, 0.29) is 17.0 Å². The summed E-state index contributed by atoms with van der Waals surface area (Å²) in [5, 5.41) is 23.9. The number of aliphatic hydroxyl groups is 1. The molecule has 3 aromatic rings. The molecule has 3 heterocycles. The fourth-order valence-electron chi connectivity index (χ4n) is 3.80. The first-order chi connectivity index (χ1) is 14.9. The van der Waals surface area contributed by atoms with Gasteiger partial charge in [-0.2, -0.15) is 5.10 Å². The maximum absolute atomic E-state index is 13.6. The predicted molar refractivity (Wildman–Crippen MR) is 116 cm³/mol. The summed E-state index contributed by atoms with van der Waals surface area (Å²) < 4.78 is 13.6. The Morgan fingerprint density at radius 3 is 3.00 bits per heavy atom. The summed E-state index contributed by atoms with van der Waals surface area (Å²) in [6.45, 7) is 2.85. The van der Waals surface area contributed by atoms with Crippen molar-refractivity contribution in [1.82, 2.24) is 25.5 Å². The molecule has 9 nitrogen and oxygen atoms in total. The van der Waals surface area contributed by atoms with Crippen LogP contribution >= 0.6 is 11.6 Å². The van der Waals surface area contributed by atoms with Crippen molar-refractivity contribution in [1.29, 1.82) is 0 Å². The molecule has 1 fully saturated rings. The van der Waals surface area contributed by atoms with Crippen LogP contribution < -0.4 is 15.5 Å². The molecule has 31 heavy (non-hydrogen) atoms. The van der Waals surface area contributed by atoms with Gasteiger partial charge in [0.2, 0.25) is 5.91 Å². The van der Waals surface area contributed by atoms with Crippen LogP contribution in [0, 0.1) is 5.82 Å². The normalized spacial score (nSPS) is 18.6. The molecule has 4 rings (SSSR count). The number of halogens is 2. The van der Waals surface area contributed by atoms with Crippen molar-refractivity contribution < 1.29 is 14.3 Å². The van der Waals surface area contributed by atoms with E-state index in [1.807, 2.05) is 0 Å². The van der Waals surface area contributed by atoms with Crippen molar-refractivity contribution in [2.75, 3.05) is 23.3 Å². The van der Waals surface area contributed by atoms with Crippen LogP contribution in [-0.2, 0) is 4.79 Å². The Kier molecular flexibility index (Phi) is 6.19. The monoisotopic (exact) mass is 447 g/mol. The molecule has 1 aromatic carbocycles. The molecule has 1 saturated heterocycles. The van der Waals surface area contributed by atoms with Gasteiger partial charge in [0.15, 0.2) is 5.65 Å². The number of aliphatic hydroxyl groups excluding tert-OH is 1. The second-order valence-corrected chi connectivity index (χ2v) is 8.08. The van der Waals surface area contributed by atoms with Gasteiger partial charge in [0, 0.05) is 29.8 Å². The molecule has 1 aliphatic heterocycles. The smallest absolute Gasteiger partial charge is 0.245 e. The number of nitrogens with zero attached hydrogens (tertiary/aromatic N) is 4. The van der Waals surface area contributed by atoms with Crippen LogP contribution in [0.3, 0.4) is 0 Å². The summed E-state index contributed by atoms with van der Waals surface area (Å²) in [6.07, 6.45) is 3.81. The maximum Gasteiger partial charge on any atom is 0.245 e. The van der Waals surface area contributed by atoms with E-state index < -0.39 is 18.0 Å². The molecule has 0 spiro atoms. The number of aromatic amines is 1. The van der Waals surface area contributed by atoms with Gasteiger partial charge in [-0.3, -0.25) is 9.89 Å². The number of amides is 1. The summed E-state index contributed by atoms with van der Waals surface area (Å²) in [5.41, 5.74) is 0.975. The van der Waals surface area contributed by atoms with Crippen LogP contribution in [0.4, 0.5) is 15.9 Å². The van der Waals surface area contributed by atoms with E-state index in [0.29, 0.717) is 17.9 Å². The lowest BCUT2D eigenvalue weighted by molar-refractivity contribution is -0.124. The van der Waals surface area contributed by atoms with Crippen LogP contribution in [0.15, 0.2) is 30.7 Å². The highest BCUT2D eigenvalue weighted by atomic mass is 35.5. The molecule has 11 heteroatoms. The van der Waals surface area contributed by atoms with Crippen LogP contribution in [0.25, 0.3) is 11.0 Å². The van der Waals surface area contributed by atoms with Crippen LogP contribution in [0.5, 0.6) is 0 Å². The highest BCUT2D eigenvalue weighted by Gasteiger charge is 2.29. The Labute approximate surface area is 183 Å². The molecule has 1 aliphatic rings. The van der Waals surface area contributed by atoms with Gasteiger partial charge < -0.3 is 20.6 Å². The minimum atomic E-state index is -1.01. The molecule has 0 aliphatic carbocycles. The summed E-state index contributed by atoms with van der Waals surface area (Å²) >= 11 is 5.89. The lowest BCUT2D eigenvalue weighted by Gasteiger charge is -2.35. The number of benzene rings is 1. The summed E-state index contributed by atoms with van der Waals surface area (Å²) in [7, 11) is 0. The minimum absolute atomic E-state index is 0.141. The zero-order valence-corrected chi connectivity index (χ0v) is 17.6. The highest BCUT2D eigenvalue weighted by molar-refractivity contribution is 6.30. The minimum Gasteiger partial charge on any atom is -0.391 e. The van der Waals surface area contributed by atoms with Crippen molar-refractivity contribution in [3.63, 3.8) is 0 Å². The van der Waals surface area contributed by atoms with Gasteiger partial charge in [-0.25, -0.2) is 14.4 Å². The van der Waals surface area contributed by atoms with E-state index in [0.717, 1.165) is 30.6 Å². The van der Waals surface area contributed by atoms with Gasteiger partial charge in [0.1, 0.15) is 24.0 Å². The Bertz CT molecular complexity index is 1060. The number of hydrogen-bond acceptors (Lipinski definition) is 7. The number of carbonyl (C=O) groups excluding carboxylic acids is 1. The highest BCUT2D eigenvalue weighted by Crippen LogP contribution is 2.25. The maximum atomic E-state index is 13.6. The van der Waals surface area contributed by atoms with Crippen molar-refractivity contribution >= 4 is 40.0 Å². The zero-order chi connectivity index (χ0) is 22.0. The molecule has 4 N–H and O–H groups in total. The van der Waals surface area contributed by atoms with Gasteiger partial charge >= 0.3 is 0 Å². The number of H-pyrrole nitrogens is 1. The SMILES string of the molecule is C[C@@H](O)[C@@H](Nc1cc(F)cc(Cl)c1)C(=O)N[C@@H]1CCCN(c2ncnc3[nH]ncc23)C1. The topological polar surface area (TPSA) is 119 Å². The summed E-state index contributed by atoms with van der Waals surface area (Å²) in [5.74, 6) is -0.145. The standard InChI is InChI=1S/C20H23ClFN7O2/c1-11(30)17(26-15-6-12(21)5-13(22)7-15)20(31)27-14-3-2-4-29(9-14)19-16-8-25-28-18(16)23-10-24-19/h5-8,10-11,14,17,26,30H,2-4,9H2,1H3,(H,27,31)(H,23,24,25,28)/t11-,14-,17-/m1/s1. The van der Waals surface area contributed by atoms with Crippen molar-refractivity contribution in [3.05, 3.63) is 41.6 Å². The molecular weight excluding hydrogens is 425 g/mol. The van der Waals surface area contributed by atoms with Gasteiger partial charge in [-0.15, -0.1) is 0 Å². The van der Waals surface area contributed by atoms with E-state index in [1.54, 1.807) is 6.20 Å². The summed E-state index contributed by atoms with van der Waals surface area (Å²) in [4.78, 5) is 23.6. The number of carbonyl (C=O) groups is 1. The van der Waals surface area contributed by atoms with E-state index in [4.69, 9.17) is 11.6 Å². The fraction of sp³-hybridized carbons (Fsp3) is 0.400. The molecule has 1 amide bonds. The van der Waals surface area contributed by atoms with Crippen LogP contribution in [-0.4, -0.2) is 62.5 Å². The lowest BCUT2D eigenvalue weighted by Crippen LogP contribution is -2.54. The third kappa shape index (κ3) is 4.86. The van der Waals surface area contributed by atoms with E-state index in [1.165, 1.54) is 31.5 Å². The number of rotatable bonds is 6. The molecule has 0 bridgehead atoms. The quantitative estimate of drug-likeness (QED) is 0.456. The van der Waals surface area contributed by atoms with Gasteiger partial charge in [0.05, 0.1) is 17.7 Å². The second-order valence-electron chi connectivity index (χ2n) is 7.64. The first kappa shape index (κ1) is 21.3. The number of aromatic nitrogens is 4. The van der Waals surface area contributed by atoms with Gasteiger partial charge in [-0.1, -0.05) is 11.6 Å². The number of fused-ring (bicyclic) bond motifs is 1. The molecule has 0 radical (unpaired) electrons. The van der Waals surface area contributed by atoms with Crippen LogP contribution in [0.2, 0.25) is 5.02 Å². The Morgan fingerprint density at radius 1 is 1.39 bits per heavy atom. The molecule has 164 valence electrons. The first-order valence-electron chi connectivity index (χ1n) is 10.0. The number of nitrogens with one attached hydrogen (secondary N) is 3. The molecule has 2 aromatic heterocycles. The Morgan fingerprint density at radius 2 is 2.23 bits per heavy atom. The average molecular weight is 448 g/mol. The van der Waals surface area contributed by atoms with Gasteiger partial charge in [0.25, 0.3) is 0 Å². The lowest BCUT2D eigenvalue weighted by atomic mass is 10.0. The second kappa shape index (κ2) is 9.03. The Balaban J connectivity index is 1.45. The average Bonchev–Trinajstić information content (AvgIpc) is 3.20.